The Bertz CT molecular complexity index is 932. The lowest BCUT2D eigenvalue weighted by Crippen LogP contribution is -2.53. The number of fused-ring (bicyclic) bond motifs is 1. The molecule has 0 saturated carbocycles. The summed E-state index contributed by atoms with van der Waals surface area (Å²) < 4.78 is 11.8. The van der Waals surface area contributed by atoms with Gasteiger partial charge in [0.15, 0.2) is 6.29 Å². The van der Waals surface area contributed by atoms with E-state index in [0.29, 0.717) is 6.61 Å². The van der Waals surface area contributed by atoms with Gasteiger partial charge in [-0.15, -0.1) is 0 Å². The van der Waals surface area contributed by atoms with Crippen molar-refractivity contribution in [3.05, 3.63) is 41.0 Å². The molecule has 1 fully saturated rings. The van der Waals surface area contributed by atoms with Gasteiger partial charge in [0.05, 0.1) is 0 Å². The van der Waals surface area contributed by atoms with Crippen molar-refractivity contribution in [2.45, 2.75) is 123 Å². The van der Waals surface area contributed by atoms with E-state index in [0.717, 1.165) is 101 Å². The molecule has 1 heterocycles. The third-order valence-electron chi connectivity index (χ3n) is 8.32. The van der Waals surface area contributed by atoms with Crippen LogP contribution in [0.2, 0.25) is 0 Å². The number of benzene rings is 1. The molecule has 1 aromatic rings. The number of primary amides is 1. The van der Waals surface area contributed by atoms with Crippen molar-refractivity contribution in [1.82, 2.24) is 5.48 Å². The summed E-state index contributed by atoms with van der Waals surface area (Å²) in [6, 6.07) is 6.23. The van der Waals surface area contributed by atoms with Gasteiger partial charge in [-0.1, -0.05) is 71.1 Å². The topological polar surface area (TPSA) is 99.9 Å². The summed E-state index contributed by atoms with van der Waals surface area (Å²) in [5, 5.41) is 0. The number of hydrogen-bond acceptors (Lipinski definition) is 5. The van der Waals surface area contributed by atoms with Crippen LogP contribution in [0.3, 0.4) is 0 Å². The van der Waals surface area contributed by atoms with Crippen molar-refractivity contribution in [2.75, 3.05) is 6.61 Å². The minimum absolute atomic E-state index is 0.133. The van der Waals surface area contributed by atoms with Crippen LogP contribution in [0, 0.1) is 5.41 Å². The van der Waals surface area contributed by atoms with Crippen LogP contribution in [0.4, 0.5) is 4.79 Å². The van der Waals surface area contributed by atoms with Crippen molar-refractivity contribution < 1.29 is 23.9 Å². The molecule has 0 aromatic heterocycles. The summed E-state index contributed by atoms with van der Waals surface area (Å²) in [6.45, 7) is 7.26. The molecule has 2 unspecified atom stereocenters. The summed E-state index contributed by atoms with van der Waals surface area (Å²) in [5.74, 6) is -0.329. The highest BCUT2D eigenvalue weighted by atomic mass is 16.8. The van der Waals surface area contributed by atoms with E-state index in [1.165, 1.54) is 11.6 Å². The van der Waals surface area contributed by atoms with E-state index >= 15 is 0 Å². The van der Waals surface area contributed by atoms with E-state index < -0.39 is 11.7 Å². The molecule has 1 saturated heterocycles. The Hall–Kier alpha value is -2.38. The molecule has 0 spiro atoms. The first-order valence-electron chi connectivity index (χ1n) is 14.8. The highest BCUT2D eigenvalue weighted by molar-refractivity contribution is 5.91. The summed E-state index contributed by atoms with van der Waals surface area (Å²) in [6.07, 6.45) is 16.1. The molecule has 1 aliphatic carbocycles. The predicted molar refractivity (Wildman–Crippen MR) is 150 cm³/mol. The van der Waals surface area contributed by atoms with Crippen molar-refractivity contribution in [1.29, 1.82) is 0 Å². The fourth-order valence-electron chi connectivity index (χ4n) is 6.33. The molecule has 212 valence electrons. The largest absolute Gasteiger partial charge is 0.438 e. The van der Waals surface area contributed by atoms with E-state index in [1.54, 1.807) is 6.08 Å². The van der Waals surface area contributed by atoms with Gasteiger partial charge in [-0.3, -0.25) is 4.79 Å². The Balaban J connectivity index is 1.89. The Morgan fingerprint density at radius 2 is 1.79 bits per heavy atom. The molecular weight excluding hydrogens is 480 g/mol. The van der Waals surface area contributed by atoms with Gasteiger partial charge in [0.1, 0.15) is 5.60 Å². The van der Waals surface area contributed by atoms with Gasteiger partial charge in [0.2, 0.25) is 0 Å². The van der Waals surface area contributed by atoms with Crippen molar-refractivity contribution in [3.63, 3.8) is 0 Å². The molecule has 7 heteroatoms. The molecule has 7 nitrogen and oxygen atoms in total. The van der Waals surface area contributed by atoms with Crippen LogP contribution >= 0.6 is 0 Å². The molecule has 3 rings (SSSR count). The minimum Gasteiger partial charge on any atom is -0.438 e. The minimum atomic E-state index is -0.736. The molecule has 2 amide bonds. The number of carbonyl (C=O) groups excluding carboxylic acids is 2. The molecule has 0 bridgehead atoms. The maximum atomic E-state index is 12.4. The summed E-state index contributed by atoms with van der Waals surface area (Å²) in [5.41, 5.74) is 10.5. The Kier molecular flexibility index (Phi) is 11.7. The van der Waals surface area contributed by atoms with Gasteiger partial charge in [0, 0.05) is 24.5 Å². The number of nitrogens with two attached hydrogens (primary N) is 1. The van der Waals surface area contributed by atoms with Gasteiger partial charge >= 0.3 is 6.09 Å². The summed E-state index contributed by atoms with van der Waals surface area (Å²) >= 11 is 0. The first-order valence-corrected chi connectivity index (χ1v) is 14.8. The lowest BCUT2D eigenvalue weighted by Gasteiger charge is -2.54. The number of unbranched alkanes of at least 4 members (excludes halogenated alkanes) is 3. The van der Waals surface area contributed by atoms with Crippen LogP contribution < -0.4 is 11.2 Å². The maximum Gasteiger partial charge on any atom is 0.405 e. The van der Waals surface area contributed by atoms with Gasteiger partial charge in [-0.25, -0.2) is 15.1 Å². The quantitative estimate of drug-likeness (QED) is 0.199. The van der Waals surface area contributed by atoms with E-state index in [1.807, 2.05) is 6.07 Å². The third-order valence-corrected chi connectivity index (χ3v) is 8.32. The van der Waals surface area contributed by atoms with E-state index in [-0.39, 0.29) is 17.6 Å². The number of aryl methyl sites for hydroxylation is 1. The molecule has 1 aliphatic heterocycles. The summed E-state index contributed by atoms with van der Waals surface area (Å²) in [7, 11) is 0. The highest BCUT2D eigenvalue weighted by Gasteiger charge is 2.56. The predicted octanol–water partition coefficient (Wildman–Crippen LogP) is 7.07. The van der Waals surface area contributed by atoms with Crippen LogP contribution in [-0.2, 0) is 31.1 Å². The fourth-order valence-corrected chi connectivity index (χ4v) is 6.33. The van der Waals surface area contributed by atoms with Gasteiger partial charge in [0.25, 0.3) is 5.91 Å². The smallest absolute Gasteiger partial charge is 0.405 e. The van der Waals surface area contributed by atoms with Crippen LogP contribution in [0.25, 0.3) is 6.08 Å². The Labute approximate surface area is 228 Å². The molecule has 0 radical (unpaired) electrons. The zero-order chi connectivity index (χ0) is 27.4. The van der Waals surface area contributed by atoms with Crippen LogP contribution in [0.15, 0.2) is 24.3 Å². The lowest BCUT2D eigenvalue weighted by molar-refractivity contribution is -0.198. The monoisotopic (exact) mass is 528 g/mol. The molecule has 1 aromatic carbocycles. The van der Waals surface area contributed by atoms with Crippen molar-refractivity contribution in [2.24, 2.45) is 11.1 Å². The number of nitrogens with one attached hydrogen (secondary N) is 1. The maximum absolute atomic E-state index is 12.4. The van der Waals surface area contributed by atoms with Crippen molar-refractivity contribution >= 4 is 18.1 Å². The number of rotatable bonds is 14. The molecule has 2 atom stereocenters. The van der Waals surface area contributed by atoms with E-state index in [9.17, 15) is 9.59 Å². The number of amides is 2. The van der Waals surface area contributed by atoms with E-state index in [4.69, 9.17) is 20.0 Å². The first-order chi connectivity index (χ1) is 18.4. The van der Waals surface area contributed by atoms with Gasteiger partial charge < -0.3 is 15.2 Å². The molecule has 38 heavy (non-hydrogen) atoms. The zero-order valence-corrected chi connectivity index (χ0v) is 23.7. The molecular formula is C31H48N2O5. The average molecular weight is 529 g/mol. The second kappa shape index (κ2) is 14.7. The number of ether oxygens (including phenoxy) is 2. The first kappa shape index (κ1) is 30.2. The standard InChI is InChI=1S/C31H48N2O5/c1-4-7-18-30(19-8-5-2)21-17-25-23-24(14-16-27(34)33-38-28-12-10-11-22-36-28)13-15-26(25)31(30,20-9-6-3)37-29(32)35/h13-16,23,28H,4-12,17-22H2,1-3H3,(H2,32,35)(H,33,34). The van der Waals surface area contributed by atoms with Crippen LogP contribution in [0.1, 0.15) is 121 Å². The second-order valence-corrected chi connectivity index (χ2v) is 11.0. The average Bonchev–Trinajstić information content (AvgIpc) is 2.93. The van der Waals surface area contributed by atoms with Gasteiger partial charge in [-0.05, 0) is 74.1 Å². The van der Waals surface area contributed by atoms with Crippen LogP contribution in [0.5, 0.6) is 0 Å². The Morgan fingerprint density at radius 3 is 2.42 bits per heavy atom. The third kappa shape index (κ3) is 7.38. The lowest BCUT2D eigenvalue weighted by atomic mass is 9.55. The highest BCUT2D eigenvalue weighted by Crippen LogP contribution is 2.59. The second-order valence-electron chi connectivity index (χ2n) is 11.0. The van der Waals surface area contributed by atoms with Crippen LogP contribution in [-0.4, -0.2) is 24.9 Å². The number of hydroxylamine groups is 1. The number of carbonyl (C=O) groups is 2. The molecule has 3 N–H and O–H groups in total. The summed E-state index contributed by atoms with van der Waals surface area (Å²) in [4.78, 5) is 30.1. The SMILES string of the molecule is CCCCC1(CCCC)CCc2cc(C=CC(=O)NOC3CCCCO3)ccc2C1(CCCC)OC(N)=O. The normalized spacial score (nSPS) is 22.7. The van der Waals surface area contributed by atoms with Crippen molar-refractivity contribution in [3.8, 4) is 0 Å². The van der Waals surface area contributed by atoms with E-state index in [2.05, 4.69) is 38.4 Å². The zero-order valence-electron chi connectivity index (χ0n) is 23.7. The Morgan fingerprint density at radius 1 is 1.08 bits per heavy atom. The molecule has 2 aliphatic rings. The number of hydrogen-bond donors (Lipinski definition) is 2. The fraction of sp³-hybridized carbons (Fsp3) is 0.677. The van der Waals surface area contributed by atoms with Gasteiger partial charge in [-0.2, -0.15) is 0 Å².